The topological polar surface area (TPSA) is 32.3 Å². The minimum absolute atomic E-state index is 0.242. The highest BCUT2D eigenvalue weighted by Crippen LogP contribution is 2.23. The molecule has 2 nitrogen and oxygen atoms in total. The van der Waals surface area contributed by atoms with E-state index in [9.17, 15) is 9.50 Å². The SMILES string of the molecule is Cc1ccc(O)c(CNc2cccc(F)c2I)c1. The summed E-state index contributed by atoms with van der Waals surface area (Å²) >= 11 is 1.96. The number of aromatic hydroxyl groups is 1. The van der Waals surface area contributed by atoms with Crippen LogP contribution in [0.15, 0.2) is 36.4 Å². The molecule has 2 rings (SSSR count). The molecule has 4 heteroatoms. The van der Waals surface area contributed by atoms with Gasteiger partial charge >= 0.3 is 0 Å². The Hall–Kier alpha value is -1.30. The zero-order valence-corrected chi connectivity index (χ0v) is 12.0. The molecule has 0 unspecified atom stereocenters. The van der Waals surface area contributed by atoms with E-state index < -0.39 is 0 Å². The lowest BCUT2D eigenvalue weighted by molar-refractivity contribution is 0.469. The van der Waals surface area contributed by atoms with Crippen LogP contribution in [0.25, 0.3) is 0 Å². The van der Waals surface area contributed by atoms with Crippen molar-refractivity contribution in [1.82, 2.24) is 0 Å². The molecule has 2 N–H and O–H groups in total. The molecular weight excluding hydrogens is 344 g/mol. The average Bonchev–Trinajstić information content (AvgIpc) is 2.35. The molecule has 0 aromatic heterocycles. The van der Waals surface area contributed by atoms with Crippen molar-refractivity contribution in [3.63, 3.8) is 0 Å². The Bertz CT molecular complexity index is 570. The molecule has 0 fully saturated rings. The first-order valence-corrected chi connectivity index (χ1v) is 6.62. The van der Waals surface area contributed by atoms with Gasteiger partial charge < -0.3 is 10.4 Å². The lowest BCUT2D eigenvalue weighted by atomic mass is 10.1. The van der Waals surface area contributed by atoms with Gasteiger partial charge in [-0.1, -0.05) is 23.8 Å². The van der Waals surface area contributed by atoms with Crippen molar-refractivity contribution in [2.24, 2.45) is 0 Å². The minimum Gasteiger partial charge on any atom is -0.508 e. The molecule has 0 radical (unpaired) electrons. The summed E-state index contributed by atoms with van der Waals surface area (Å²) in [6.45, 7) is 2.43. The van der Waals surface area contributed by atoms with E-state index in [0.717, 1.165) is 16.8 Å². The number of hydrogen-bond donors (Lipinski definition) is 2. The van der Waals surface area contributed by atoms with Crippen molar-refractivity contribution in [3.05, 3.63) is 56.9 Å². The zero-order valence-electron chi connectivity index (χ0n) is 9.87. The van der Waals surface area contributed by atoms with Crippen molar-refractivity contribution < 1.29 is 9.50 Å². The third-order valence-corrected chi connectivity index (χ3v) is 3.75. The molecular formula is C14H13FINO. The van der Waals surface area contributed by atoms with Crippen molar-refractivity contribution in [1.29, 1.82) is 0 Å². The third kappa shape index (κ3) is 2.93. The first-order chi connectivity index (χ1) is 8.58. The van der Waals surface area contributed by atoms with Crippen LogP contribution in [-0.4, -0.2) is 5.11 Å². The second kappa shape index (κ2) is 5.56. The number of anilines is 1. The van der Waals surface area contributed by atoms with Crippen LogP contribution >= 0.6 is 22.6 Å². The van der Waals surface area contributed by atoms with Crippen LogP contribution in [0, 0.1) is 16.3 Å². The fourth-order valence-electron chi connectivity index (χ4n) is 1.69. The average molecular weight is 357 g/mol. The van der Waals surface area contributed by atoms with E-state index in [2.05, 4.69) is 5.32 Å². The van der Waals surface area contributed by atoms with Gasteiger partial charge in [-0.05, 0) is 47.7 Å². The minimum atomic E-state index is -0.242. The van der Waals surface area contributed by atoms with E-state index in [1.54, 1.807) is 12.1 Å². The Balaban J connectivity index is 2.16. The number of hydrogen-bond acceptors (Lipinski definition) is 2. The van der Waals surface area contributed by atoms with Gasteiger partial charge in [0.15, 0.2) is 0 Å². The fraction of sp³-hybridized carbons (Fsp3) is 0.143. The van der Waals surface area contributed by atoms with Gasteiger partial charge in [-0.2, -0.15) is 0 Å². The molecule has 0 spiro atoms. The van der Waals surface area contributed by atoms with Crippen LogP contribution < -0.4 is 5.32 Å². The standard InChI is InChI=1S/C14H13FINO/c1-9-5-6-13(18)10(7-9)8-17-12-4-2-3-11(15)14(12)16/h2-7,17-18H,8H2,1H3. The molecule has 18 heavy (non-hydrogen) atoms. The molecule has 0 heterocycles. The van der Waals surface area contributed by atoms with Gasteiger partial charge in [0.05, 0.1) is 9.26 Å². The summed E-state index contributed by atoms with van der Waals surface area (Å²) in [5.41, 5.74) is 2.62. The van der Waals surface area contributed by atoms with E-state index in [0.29, 0.717) is 10.1 Å². The largest absolute Gasteiger partial charge is 0.508 e. The molecule has 0 aliphatic heterocycles. The van der Waals surface area contributed by atoms with Crippen LogP contribution in [0.4, 0.5) is 10.1 Å². The lowest BCUT2D eigenvalue weighted by Gasteiger charge is -2.11. The Labute approximate surface area is 119 Å². The molecule has 0 aliphatic rings. The number of phenolic OH excluding ortho intramolecular Hbond substituents is 1. The maximum absolute atomic E-state index is 13.4. The molecule has 94 valence electrons. The summed E-state index contributed by atoms with van der Waals surface area (Å²) in [5, 5.41) is 12.9. The molecule has 0 amide bonds. The van der Waals surface area contributed by atoms with E-state index in [1.165, 1.54) is 6.07 Å². The summed E-state index contributed by atoms with van der Waals surface area (Å²) in [6.07, 6.45) is 0. The van der Waals surface area contributed by atoms with Gasteiger partial charge in [0.1, 0.15) is 11.6 Å². The molecule has 0 saturated heterocycles. The van der Waals surface area contributed by atoms with E-state index in [-0.39, 0.29) is 11.6 Å². The smallest absolute Gasteiger partial charge is 0.138 e. The number of rotatable bonds is 3. The monoisotopic (exact) mass is 357 g/mol. The van der Waals surface area contributed by atoms with Gasteiger partial charge in [0, 0.05) is 12.1 Å². The first kappa shape index (κ1) is 13.1. The Morgan fingerprint density at radius 2 is 2.06 bits per heavy atom. The van der Waals surface area contributed by atoms with Crippen LogP contribution in [0.5, 0.6) is 5.75 Å². The number of aryl methyl sites for hydroxylation is 1. The van der Waals surface area contributed by atoms with Crippen molar-refractivity contribution in [2.45, 2.75) is 13.5 Å². The molecule has 2 aromatic rings. The van der Waals surface area contributed by atoms with Gasteiger partial charge in [0.25, 0.3) is 0 Å². The fourth-order valence-corrected chi connectivity index (χ4v) is 2.24. The highest BCUT2D eigenvalue weighted by molar-refractivity contribution is 14.1. The first-order valence-electron chi connectivity index (χ1n) is 5.54. The van der Waals surface area contributed by atoms with E-state index in [1.807, 2.05) is 47.7 Å². The molecule has 0 aliphatic carbocycles. The lowest BCUT2D eigenvalue weighted by Crippen LogP contribution is -2.02. The highest BCUT2D eigenvalue weighted by atomic mass is 127. The molecule has 0 atom stereocenters. The highest BCUT2D eigenvalue weighted by Gasteiger charge is 2.06. The molecule has 0 bridgehead atoms. The quantitative estimate of drug-likeness (QED) is 0.813. The second-order valence-corrected chi connectivity index (χ2v) is 5.17. The predicted octanol–water partition coefficient (Wildman–Crippen LogP) is 4.06. The van der Waals surface area contributed by atoms with Gasteiger partial charge in [0.2, 0.25) is 0 Å². The Kier molecular flexibility index (Phi) is 4.06. The van der Waals surface area contributed by atoms with E-state index >= 15 is 0 Å². The number of halogens is 2. The Morgan fingerprint density at radius 1 is 1.28 bits per heavy atom. The normalized spacial score (nSPS) is 10.4. The molecule has 2 aromatic carbocycles. The summed E-state index contributed by atoms with van der Waals surface area (Å²) in [7, 11) is 0. The summed E-state index contributed by atoms with van der Waals surface area (Å²) < 4.78 is 13.9. The second-order valence-electron chi connectivity index (χ2n) is 4.09. The number of nitrogens with one attached hydrogen (secondary N) is 1. The summed E-state index contributed by atoms with van der Waals surface area (Å²) in [4.78, 5) is 0. The van der Waals surface area contributed by atoms with Crippen molar-refractivity contribution in [3.8, 4) is 5.75 Å². The summed E-state index contributed by atoms with van der Waals surface area (Å²) in [5.74, 6) is 0.00794. The van der Waals surface area contributed by atoms with Gasteiger partial charge in [-0.25, -0.2) is 4.39 Å². The summed E-state index contributed by atoms with van der Waals surface area (Å²) in [6, 6.07) is 10.3. The maximum Gasteiger partial charge on any atom is 0.138 e. The van der Waals surface area contributed by atoms with Gasteiger partial charge in [-0.15, -0.1) is 0 Å². The van der Waals surface area contributed by atoms with Crippen molar-refractivity contribution >= 4 is 28.3 Å². The van der Waals surface area contributed by atoms with Crippen LogP contribution in [-0.2, 0) is 6.54 Å². The van der Waals surface area contributed by atoms with Gasteiger partial charge in [-0.3, -0.25) is 0 Å². The van der Waals surface area contributed by atoms with E-state index in [4.69, 9.17) is 0 Å². The zero-order chi connectivity index (χ0) is 13.1. The van der Waals surface area contributed by atoms with Crippen LogP contribution in [0.2, 0.25) is 0 Å². The van der Waals surface area contributed by atoms with Crippen LogP contribution in [0.3, 0.4) is 0 Å². The third-order valence-electron chi connectivity index (χ3n) is 2.66. The predicted molar refractivity (Wildman–Crippen MR) is 79.3 cm³/mol. The number of phenols is 1. The molecule has 0 saturated carbocycles. The van der Waals surface area contributed by atoms with Crippen molar-refractivity contribution in [2.75, 3.05) is 5.32 Å². The Morgan fingerprint density at radius 3 is 2.83 bits per heavy atom. The number of benzene rings is 2. The maximum atomic E-state index is 13.4. The van der Waals surface area contributed by atoms with Crippen LogP contribution in [0.1, 0.15) is 11.1 Å².